The summed E-state index contributed by atoms with van der Waals surface area (Å²) in [5.41, 5.74) is 1.88. The molecule has 6 heteroatoms. The van der Waals surface area contributed by atoms with Gasteiger partial charge in [-0.05, 0) is 47.0 Å². The van der Waals surface area contributed by atoms with Gasteiger partial charge in [0.1, 0.15) is 0 Å². The SMILES string of the molecule is CCCS(=O)(=O)Nc1cccc(C(=O)N(C)Cc2ccc3ccccc3c2)c1. The lowest BCUT2D eigenvalue weighted by molar-refractivity contribution is 0.0785. The number of sulfonamides is 1. The van der Waals surface area contributed by atoms with E-state index in [1.807, 2.05) is 30.3 Å². The van der Waals surface area contributed by atoms with E-state index in [-0.39, 0.29) is 11.7 Å². The van der Waals surface area contributed by atoms with E-state index in [0.29, 0.717) is 24.2 Å². The van der Waals surface area contributed by atoms with Crippen molar-refractivity contribution in [2.45, 2.75) is 19.9 Å². The van der Waals surface area contributed by atoms with Gasteiger partial charge in [0.05, 0.1) is 5.75 Å². The van der Waals surface area contributed by atoms with E-state index in [2.05, 4.69) is 16.9 Å². The molecular formula is C22H24N2O3S. The van der Waals surface area contributed by atoms with Crippen molar-refractivity contribution < 1.29 is 13.2 Å². The zero-order valence-corrected chi connectivity index (χ0v) is 16.9. The highest BCUT2D eigenvalue weighted by molar-refractivity contribution is 7.92. The van der Waals surface area contributed by atoms with Gasteiger partial charge in [0, 0.05) is 24.8 Å². The predicted octanol–water partition coefficient (Wildman–Crippen LogP) is 4.26. The lowest BCUT2D eigenvalue weighted by Gasteiger charge is -2.18. The van der Waals surface area contributed by atoms with E-state index in [9.17, 15) is 13.2 Å². The zero-order chi connectivity index (χ0) is 20.1. The number of carbonyl (C=O) groups excluding carboxylic acids is 1. The molecule has 5 nitrogen and oxygen atoms in total. The number of nitrogens with zero attached hydrogens (tertiary/aromatic N) is 1. The van der Waals surface area contributed by atoms with Crippen LogP contribution in [0, 0.1) is 0 Å². The summed E-state index contributed by atoms with van der Waals surface area (Å²) in [6.45, 7) is 2.27. The number of anilines is 1. The van der Waals surface area contributed by atoms with Crippen molar-refractivity contribution in [2.24, 2.45) is 0 Å². The molecule has 0 heterocycles. The Labute approximate surface area is 166 Å². The van der Waals surface area contributed by atoms with Crippen LogP contribution in [0.4, 0.5) is 5.69 Å². The summed E-state index contributed by atoms with van der Waals surface area (Å²) >= 11 is 0. The molecule has 3 rings (SSSR count). The average Bonchev–Trinajstić information content (AvgIpc) is 2.67. The predicted molar refractivity (Wildman–Crippen MR) is 114 cm³/mol. The van der Waals surface area contributed by atoms with Gasteiger partial charge in [-0.1, -0.05) is 49.4 Å². The standard InChI is InChI=1S/C22H24N2O3S/c1-3-13-28(26,27)23-21-10-6-9-20(15-21)22(25)24(2)16-17-11-12-18-7-4-5-8-19(18)14-17/h4-12,14-15,23H,3,13,16H2,1-2H3. The Balaban J connectivity index is 1.74. The van der Waals surface area contributed by atoms with Crippen LogP contribution in [0.25, 0.3) is 10.8 Å². The van der Waals surface area contributed by atoms with Crippen molar-refractivity contribution >= 4 is 32.4 Å². The Bertz CT molecular complexity index is 1090. The molecule has 0 unspecified atom stereocenters. The van der Waals surface area contributed by atoms with Gasteiger partial charge in [-0.25, -0.2) is 8.42 Å². The molecular weight excluding hydrogens is 372 g/mol. The highest BCUT2D eigenvalue weighted by Gasteiger charge is 2.15. The minimum atomic E-state index is -3.39. The van der Waals surface area contributed by atoms with Gasteiger partial charge in [0.2, 0.25) is 10.0 Å². The van der Waals surface area contributed by atoms with Crippen molar-refractivity contribution in [3.63, 3.8) is 0 Å². The maximum absolute atomic E-state index is 12.8. The Hall–Kier alpha value is -2.86. The molecule has 0 spiro atoms. The number of fused-ring (bicyclic) bond motifs is 1. The molecule has 0 radical (unpaired) electrons. The number of amides is 1. The second-order valence-electron chi connectivity index (χ2n) is 6.84. The van der Waals surface area contributed by atoms with Crippen LogP contribution in [-0.4, -0.2) is 32.0 Å². The first-order chi connectivity index (χ1) is 13.4. The number of benzene rings is 3. The fourth-order valence-electron chi connectivity index (χ4n) is 3.12. The quantitative estimate of drug-likeness (QED) is 0.649. The molecule has 0 fully saturated rings. The average molecular weight is 397 g/mol. The first-order valence-electron chi connectivity index (χ1n) is 9.21. The Kier molecular flexibility index (Phi) is 5.99. The van der Waals surface area contributed by atoms with E-state index >= 15 is 0 Å². The maximum atomic E-state index is 12.8. The number of hydrogen-bond acceptors (Lipinski definition) is 3. The van der Waals surface area contributed by atoms with Gasteiger partial charge in [-0.3, -0.25) is 9.52 Å². The molecule has 0 aliphatic heterocycles. The highest BCUT2D eigenvalue weighted by atomic mass is 32.2. The lowest BCUT2D eigenvalue weighted by Crippen LogP contribution is -2.26. The van der Waals surface area contributed by atoms with Gasteiger partial charge in [0.25, 0.3) is 5.91 Å². The monoisotopic (exact) mass is 396 g/mol. The molecule has 0 saturated carbocycles. The summed E-state index contributed by atoms with van der Waals surface area (Å²) in [6.07, 6.45) is 0.530. The molecule has 28 heavy (non-hydrogen) atoms. The van der Waals surface area contributed by atoms with Crippen LogP contribution in [0.2, 0.25) is 0 Å². The van der Waals surface area contributed by atoms with Crippen LogP contribution in [0.15, 0.2) is 66.7 Å². The molecule has 0 atom stereocenters. The largest absolute Gasteiger partial charge is 0.337 e. The smallest absolute Gasteiger partial charge is 0.253 e. The Morgan fingerprint density at radius 2 is 1.71 bits per heavy atom. The van der Waals surface area contributed by atoms with Crippen LogP contribution in [-0.2, 0) is 16.6 Å². The number of rotatable bonds is 7. The molecule has 0 aromatic heterocycles. The highest BCUT2D eigenvalue weighted by Crippen LogP contribution is 2.18. The van der Waals surface area contributed by atoms with Gasteiger partial charge in [-0.2, -0.15) is 0 Å². The molecule has 0 aliphatic carbocycles. The Morgan fingerprint density at radius 1 is 0.964 bits per heavy atom. The van der Waals surface area contributed by atoms with E-state index < -0.39 is 10.0 Å². The van der Waals surface area contributed by atoms with E-state index in [0.717, 1.165) is 16.3 Å². The summed E-state index contributed by atoms with van der Waals surface area (Å²) in [5.74, 6) is -0.114. The minimum Gasteiger partial charge on any atom is -0.337 e. The topological polar surface area (TPSA) is 66.5 Å². The Morgan fingerprint density at radius 3 is 2.46 bits per heavy atom. The third kappa shape index (κ3) is 4.89. The molecule has 3 aromatic carbocycles. The van der Waals surface area contributed by atoms with Gasteiger partial charge in [0.15, 0.2) is 0 Å². The van der Waals surface area contributed by atoms with Crippen molar-refractivity contribution in [1.82, 2.24) is 4.90 Å². The van der Waals surface area contributed by atoms with Crippen molar-refractivity contribution in [3.8, 4) is 0 Å². The van der Waals surface area contributed by atoms with Crippen LogP contribution in [0.5, 0.6) is 0 Å². The molecule has 0 bridgehead atoms. The van der Waals surface area contributed by atoms with E-state index in [4.69, 9.17) is 0 Å². The third-order valence-electron chi connectivity index (χ3n) is 4.44. The number of hydrogen-bond donors (Lipinski definition) is 1. The van der Waals surface area contributed by atoms with Gasteiger partial charge < -0.3 is 4.90 Å². The van der Waals surface area contributed by atoms with Gasteiger partial charge in [-0.15, -0.1) is 0 Å². The second kappa shape index (κ2) is 8.44. The summed E-state index contributed by atoms with van der Waals surface area (Å²) < 4.78 is 26.4. The summed E-state index contributed by atoms with van der Waals surface area (Å²) in [6, 6.07) is 20.8. The third-order valence-corrected chi connectivity index (χ3v) is 5.93. The van der Waals surface area contributed by atoms with Crippen molar-refractivity contribution in [2.75, 3.05) is 17.5 Å². The normalized spacial score (nSPS) is 11.4. The van der Waals surface area contributed by atoms with Crippen LogP contribution in [0.1, 0.15) is 29.3 Å². The maximum Gasteiger partial charge on any atom is 0.253 e. The summed E-state index contributed by atoms with van der Waals surface area (Å²) in [7, 11) is -1.65. The summed E-state index contributed by atoms with van der Waals surface area (Å²) in [5, 5.41) is 2.29. The zero-order valence-electron chi connectivity index (χ0n) is 16.1. The second-order valence-corrected chi connectivity index (χ2v) is 8.69. The fourth-order valence-corrected chi connectivity index (χ4v) is 4.24. The molecule has 146 valence electrons. The first kappa shape index (κ1) is 19.9. The number of carbonyl (C=O) groups is 1. The molecule has 0 saturated heterocycles. The van der Waals surface area contributed by atoms with Gasteiger partial charge >= 0.3 is 0 Å². The number of nitrogens with one attached hydrogen (secondary N) is 1. The van der Waals surface area contributed by atoms with E-state index in [1.54, 1.807) is 43.1 Å². The van der Waals surface area contributed by atoms with Crippen LogP contribution in [0.3, 0.4) is 0 Å². The van der Waals surface area contributed by atoms with E-state index in [1.165, 1.54) is 0 Å². The van der Waals surface area contributed by atoms with Crippen LogP contribution >= 0.6 is 0 Å². The van der Waals surface area contributed by atoms with Crippen molar-refractivity contribution in [1.29, 1.82) is 0 Å². The molecule has 0 aliphatic rings. The lowest BCUT2D eigenvalue weighted by atomic mass is 10.1. The van der Waals surface area contributed by atoms with Crippen molar-refractivity contribution in [3.05, 3.63) is 77.9 Å². The molecule has 1 amide bonds. The molecule has 1 N–H and O–H groups in total. The minimum absolute atomic E-state index is 0.0487. The first-order valence-corrected chi connectivity index (χ1v) is 10.9. The molecule has 3 aromatic rings. The fraction of sp³-hybridized carbons (Fsp3) is 0.227. The van der Waals surface area contributed by atoms with Crippen LogP contribution < -0.4 is 4.72 Å². The summed E-state index contributed by atoms with van der Waals surface area (Å²) in [4.78, 5) is 14.4.